The molecule has 9 nitrogen and oxygen atoms in total. The Morgan fingerprint density at radius 3 is 2.32 bits per heavy atom. The highest BCUT2D eigenvalue weighted by molar-refractivity contribution is 5.94. The fourth-order valence-corrected chi connectivity index (χ4v) is 5.39. The second-order valence-electron chi connectivity index (χ2n) is 11.9. The third-order valence-electron chi connectivity index (χ3n) is 7.45. The zero-order valence-electron chi connectivity index (χ0n) is 25.2. The molecule has 0 saturated carbocycles. The number of fused-ring (bicyclic) bond motifs is 1. The van der Waals surface area contributed by atoms with E-state index in [4.69, 9.17) is 4.74 Å². The highest BCUT2D eigenvalue weighted by Gasteiger charge is 2.43. The maximum absolute atomic E-state index is 14.0. The summed E-state index contributed by atoms with van der Waals surface area (Å²) in [5.41, 5.74) is 0.535. The van der Waals surface area contributed by atoms with Gasteiger partial charge in [0, 0.05) is 25.9 Å². The van der Waals surface area contributed by atoms with Crippen LogP contribution in [0.4, 0.5) is 9.18 Å². The van der Waals surface area contributed by atoms with E-state index in [2.05, 4.69) is 11.9 Å². The zero-order chi connectivity index (χ0) is 32.0. The van der Waals surface area contributed by atoms with Gasteiger partial charge in [-0.25, -0.2) is 14.0 Å². The summed E-state index contributed by atoms with van der Waals surface area (Å²) in [5.74, 6) is -2.65. The molecule has 10 heteroatoms. The molecule has 4 rings (SSSR count). The van der Waals surface area contributed by atoms with Gasteiger partial charge >= 0.3 is 12.1 Å². The summed E-state index contributed by atoms with van der Waals surface area (Å²) >= 11 is 0. The number of hydrogen-bond acceptors (Lipinski definition) is 5. The average Bonchev–Trinajstić information content (AvgIpc) is 2.96. The summed E-state index contributed by atoms with van der Waals surface area (Å²) in [6.07, 6.45) is 0.881. The van der Waals surface area contributed by atoms with Crippen LogP contribution in [0.2, 0.25) is 0 Å². The number of carbonyl (C=O) groups is 4. The molecular weight excluding hydrogens is 565 g/mol. The van der Waals surface area contributed by atoms with Crippen molar-refractivity contribution in [2.24, 2.45) is 0 Å². The fourth-order valence-electron chi connectivity index (χ4n) is 5.39. The number of ether oxygens (including phenoxy) is 1. The van der Waals surface area contributed by atoms with Crippen LogP contribution in [0, 0.1) is 5.82 Å². The first kappa shape index (κ1) is 32.2. The number of amides is 3. The molecule has 44 heavy (non-hydrogen) atoms. The predicted molar refractivity (Wildman–Crippen MR) is 164 cm³/mol. The van der Waals surface area contributed by atoms with Crippen molar-refractivity contribution in [1.29, 1.82) is 0 Å². The molecule has 1 aliphatic rings. The monoisotopic (exact) mass is 603 g/mol. The Hall–Kier alpha value is -4.73. The Kier molecular flexibility index (Phi) is 10.0. The number of carboxylic acids is 1. The van der Waals surface area contributed by atoms with Crippen molar-refractivity contribution in [2.45, 2.75) is 63.8 Å². The number of carboxylic acid groups (broad SMARTS) is 1. The lowest BCUT2D eigenvalue weighted by atomic mass is 9.97. The van der Waals surface area contributed by atoms with E-state index in [9.17, 15) is 28.7 Å². The molecule has 0 aromatic heterocycles. The largest absolute Gasteiger partial charge is 0.480 e. The van der Waals surface area contributed by atoms with Gasteiger partial charge in [-0.1, -0.05) is 60.7 Å². The van der Waals surface area contributed by atoms with Gasteiger partial charge < -0.3 is 25.0 Å². The van der Waals surface area contributed by atoms with E-state index in [-0.39, 0.29) is 32.4 Å². The summed E-state index contributed by atoms with van der Waals surface area (Å²) in [7, 11) is 0. The smallest absolute Gasteiger partial charge is 0.408 e. The minimum absolute atomic E-state index is 0.0154. The quantitative estimate of drug-likeness (QED) is 0.324. The SMILES string of the molecule is C=CCC1C(=O)N([C@@H](Cc2ccc3ccccc3c2)C(=O)O)CCN1C(=O)C(Cc1ccc(F)cc1)NC(=O)OC(C)(C)C. The number of nitrogens with zero attached hydrogens (tertiary/aromatic N) is 2. The van der Waals surface area contributed by atoms with Crippen LogP contribution in [0.1, 0.15) is 38.3 Å². The molecule has 232 valence electrons. The molecule has 2 N–H and O–H groups in total. The summed E-state index contributed by atoms with van der Waals surface area (Å²) in [5, 5.41) is 14.8. The van der Waals surface area contributed by atoms with E-state index >= 15 is 0 Å². The van der Waals surface area contributed by atoms with Crippen LogP contribution in [-0.4, -0.2) is 75.6 Å². The second-order valence-corrected chi connectivity index (χ2v) is 11.9. The van der Waals surface area contributed by atoms with Crippen molar-refractivity contribution >= 4 is 34.6 Å². The van der Waals surface area contributed by atoms with Crippen molar-refractivity contribution in [3.8, 4) is 0 Å². The summed E-state index contributed by atoms with van der Waals surface area (Å²) in [6, 6.07) is 15.7. The van der Waals surface area contributed by atoms with Crippen LogP contribution in [0.15, 0.2) is 79.4 Å². The van der Waals surface area contributed by atoms with E-state index in [0.29, 0.717) is 5.56 Å². The Bertz CT molecular complexity index is 1530. The second kappa shape index (κ2) is 13.7. The van der Waals surface area contributed by atoms with Gasteiger partial charge in [-0.05, 0) is 61.2 Å². The number of alkyl carbamates (subject to hydrolysis) is 1. The lowest BCUT2D eigenvalue weighted by molar-refractivity contribution is -0.160. The number of benzene rings is 3. The van der Waals surface area contributed by atoms with Gasteiger partial charge in [-0.2, -0.15) is 0 Å². The molecule has 0 bridgehead atoms. The summed E-state index contributed by atoms with van der Waals surface area (Å²) in [6.45, 7) is 8.85. The van der Waals surface area contributed by atoms with Gasteiger partial charge in [0.15, 0.2) is 0 Å². The van der Waals surface area contributed by atoms with Gasteiger partial charge in [-0.3, -0.25) is 9.59 Å². The number of hydrogen-bond donors (Lipinski definition) is 2. The van der Waals surface area contributed by atoms with Gasteiger partial charge in [0.05, 0.1) is 0 Å². The highest BCUT2D eigenvalue weighted by Crippen LogP contribution is 2.23. The van der Waals surface area contributed by atoms with E-state index in [1.165, 1.54) is 40.1 Å². The Balaban J connectivity index is 1.58. The molecule has 3 aromatic rings. The number of rotatable bonds is 10. The van der Waals surface area contributed by atoms with E-state index in [1.54, 1.807) is 20.8 Å². The maximum atomic E-state index is 14.0. The van der Waals surface area contributed by atoms with Crippen molar-refractivity contribution < 1.29 is 33.4 Å². The van der Waals surface area contributed by atoms with Crippen LogP contribution in [0.5, 0.6) is 0 Å². The minimum Gasteiger partial charge on any atom is -0.480 e. The summed E-state index contributed by atoms with van der Waals surface area (Å²) < 4.78 is 18.9. The molecule has 3 atom stereocenters. The molecule has 2 unspecified atom stereocenters. The van der Waals surface area contributed by atoms with E-state index in [0.717, 1.165) is 16.3 Å². The van der Waals surface area contributed by atoms with E-state index < -0.39 is 53.4 Å². The standard InChI is InChI=1S/C34H38FN3O6/c1-5-8-28-31(40)38(29(32(41)42)21-23-11-14-24-9-6-7-10-25(24)19-23)18-17-37(28)30(39)27(36-33(43)44-34(2,3)4)20-22-12-15-26(35)16-13-22/h5-7,9-16,19,27-29H,1,8,17-18,20-21H2,2-4H3,(H,36,43)(H,41,42)/t27?,28?,29-/m0/s1. The normalized spacial score (nSPS) is 16.7. The molecule has 3 aromatic carbocycles. The average molecular weight is 604 g/mol. The van der Waals surface area contributed by atoms with Gasteiger partial charge in [0.1, 0.15) is 29.5 Å². The van der Waals surface area contributed by atoms with Crippen molar-refractivity contribution in [2.75, 3.05) is 13.1 Å². The van der Waals surface area contributed by atoms with Gasteiger partial charge in [-0.15, -0.1) is 6.58 Å². The van der Waals surface area contributed by atoms with Crippen LogP contribution in [-0.2, 0) is 32.0 Å². The first-order valence-electron chi connectivity index (χ1n) is 14.5. The van der Waals surface area contributed by atoms with Gasteiger partial charge in [0.2, 0.25) is 11.8 Å². The lowest BCUT2D eigenvalue weighted by Gasteiger charge is -2.43. The van der Waals surface area contributed by atoms with Crippen LogP contribution in [0.25, 0.3) is 10.8 Å². The predicted octanol–water partition coefficient (Wildman–Crippen LogP) is 4.73. The van der Waals surface area contributed by atoms with Gasteiger partial charge in [0.25, 0.3) is 0 Å². The third-order valence-corrected chi connectivity index (χ3v) is 7.45. The molecule has 1 aliphatic heterocycles. The fraction of sp³-hybridized carbons (Fsp3) is 0.353. The summed E-state index contributed by atoms with van der Waals surface area (Å²) in [4.78, 5) is 55.7. The molecule has 0 spiro atoms. The van der Waals surface area contributed by atoms with Crippen molar-refractivity contribution in [3.63, 3.8) is 0 Å². The number of aliphatic carboxylic acids is 1. The van der Waals surface area contributed by atoms with Crippen molar-refractivity contribution in [1.82, 2.24) is 15.1 Å². The Morgan fingerprint density at radius 2 is 1.68 bits per heavy atom. The first-order valence-corrected chi connectivity index (χ1v) is 14.5. The maximum Gasteiger partial charge on any atom is 0.408 e. The minimum atomic E-state index is -1.15. The third kappa shape index (κ3) is 8.00. The lowest BCUT2D eigenvalue weighted by Crippen LogP contribution is -2.65. The van der Waals surface area contributed by atoms with Crippen molar-refractivity contribution in [3.05, 3.63) is 96.3 Å². The molecule has 1 heterocycles. The molecule has 1 fully saturated rings. The number of carbonyl (C=O) groups excluding carboxylic acids is 3. The number of halogens is 1. The Labute approximate surface area is 256 Å². The Morgan fingerprint density at radius 1 is 1.02 bits per heavy atom. The number of nitrogens with one attached hydrogen (secondary N) is 1. The molecular formula is C34H38FN3O6. The number of piperazine rings is 1. The zero-order valence-corrected chi connectivity index (χ0v) is 25.2. The van der Waals surface area contributed by atoms with E-state index in [1.807, 2.05) is 42.5 Å². The van der Waals surface area contributed by atoms with Crippen LogP contribution >= 0.6 is 0 Å². The van der Waals surface area contributed by atoms with Crippen LogP contribution in [0.3, 0.4) is 0 Å². The highest BCUT2D eigenvalue weighted by atomic mass is 19.1. The van der Waals surface area contributed by atoms with Crippen LogP contribution < -0.4 is 5.32 Å². The topological polar surface area (TPSA) is 116 Å². The molecule has 0 radical (unpaired) electrons. The molecule has 3 amide bonds. The molecule has 1 saturated heterocycles. The first-order chi connectivity index (χ1) is 20.9. The molecule has 0 aliphatic carbocycles.